The van der Waals surface area contributed by atoms with Crippen molar-refractivity contribution in [2.24, 2.45) is 5.92 Å². The van der Waals surface area contributed by atoms with Crippen molar-refractivity contribution in [1.29, 1.82) is 0 Å². The molecule has 0 saturated heterocycles. The van der Waals surface area contributed by atoms with Crippen molar-refractivity contribution in [3.8, 4) is 0 Å². The average molecular weight is 220 g/mol. The maximum atomic E-state index is 5.72. The Bertz CT molecular complexity index is 339. The number of hydrogen-bond donors (Lipinski definition) is 1. The molecule has 16 heavy (non-hydrogen) atoms. The molecule has 3 heteroatoms. The van der Waals surface area contributed by atoms with Crippen molar-refractivity contribution in [3.05, 3.63) is 17.8 Å². The fraction of sp³-hybridized carbons (Fsp3) is 0.769. The fourth-order valence-electron chi connectivity index (χ4n) is 2.00. The first-order valence-corrected chi connectivity index (χ1v) is 6.57. The third-order valence-electron chi connectivity index (χ3n) is 3.37. The number of aromatic nitrogens is 1. The van der Waals surface area contributed by atoms with Crippen LogP contribution >= 0.6 is 0 Å². The Morgan fingerprint density at radius 2 is 2.19 bits per heavy atom. The van der Waals surface area contributed by atoms with Crippen LogP contribution in [0.3, 0.4) is 0 Å². The number of aryl methyl sites for hydroxylation is 1. The molecular weight excluding hydrogens is 200 g/mol. The van der Waals surface area contributed by atoms with Gasteiger partial charge in [0.1, 0.15) is 5.76 Å². The van der Waals surface area contributed by atoms with Crippen molar-refractivity contribution < 1.29 is 4.42 Å². The molecule has 1 aromatic rings. The molecule has 0 aliphatic heterocycles. The average Bonchev–Trinajstić information content (AvgIpc) is 3.16. The predicted molar refractivity (Wildman–Crippen MR) is 62.3 cm³/mol. The number of rotatable bonds is 7. The second-order valence-corrected chi connectivity index (χ2v) is 5.20. The zero-order valence-corrected chi connectivity index (χ0v) is 9.74. The maximum absolute atomic E-state index is 5.72. The molecular formula is C13H20N2O. The zero-order valence-electron chi connectivity index (χ0n) is 9.74. The highest BCUT2D eigenvalue weighted by molar-refractivity contribution is 4.98. The second kappa shape index (κ2) is 4.58. The van der Waals surface area contributed by atoms with Crippen LogP contribution in [-0.2, 0) is 12.8 Å². The quantitative estimate of drug-likeness (QED) is 0.717. The van der Waals surface area contributed by atoms with Crippen LogP contribution in [0.5, 0.6) is 0 Å². The monoisotopic (exact) mass is 220 g/mol. The predicted octanol–water partition coefficient (Wildman–Crippen LogP) is 2.31. The molecule has 88 valence electrons. The Morgan fingerprint density at radius 3 is 2.94 bits per heavy atom. The molecule has 0 bridgehead atoms. The summed E-state index contributed by atoms with van der Waals surface area (Å²) in [6.07, 6.45) is 10.6. The van der Waals surface area contributed by atoms with Gasteiger partial charge in [-0.2, -0.15) is 0 Å². The summed E-state index contributed by atoms with van der Waals surface area (Å²) in [5.74, 6) is 2.90. The number of nitrogens with one attached hydrogen (secondary N) is 1. The van der Waals surface area contributed by atoms with Gasteiger partial charge in [0.2, 0.25) is 0 Å². The minimum absolute atomic E-state index is 0.815. The lowest BCUT2D eigenvalue weighted by atomic mass is 10.2. The molecule has 3 rings (SSSR count). The smallest absolute Gasteiger partial charge is 0.194 e. The van der Waals surface area contributed by atoms with Gasteiger partial charge in [0.05, 0.1) is 6.20 Å². The van der Waals surface area contributed by atoms with Crippen molar-refractivity contribution in [2.75, 3.05) is 6.54 Å². The summed E-state index contributed by atoms with van der Waals surface area (Å²) in [7, 11) is 0. The first kappa shape index (κ1) is 10.3. The largest absolute Gasteiger partial charge is 0.446 e. The van der Waals surface area contributed by atoms with Gasteiger partial charge in [-0.15, -0.1) is 0 Å². The van der Waals surface area contributed by atoms with E-state index in [1.54, 1.807) is 0 Å². The lowest BCUT2D eigenvalue weighted by Gasteiger charge is -1.99. The molecule has 0 amide bonds. The zero-order chi connectivity index (χ0) is 10.8. The summed E-state index contributed by atoms with van der Waals surface area (Å²) >= 11 is 0. The standard InChI is InChI=1S/C13H20N2O/c1(7-14-11-5-6-11)2-13-15-9-12(16-13)8-10-3-4-10/h9-11,14H,1-8H2. The van der Waals surface area contributed by atoms with E-state index in [2.05, 4.69) is 10.3 Å². The molecule has 2 fully saturated rings. The summed E-state index contributed by atoms with van der Waals surface area (Å²) in [6, 6.07) is 0.815. The number of nitrogens with zero attached hydrogens (tertiary/aromatic N) is 1. The summed E-state index contributed by atoms with van der Waals surface area (Å²) in [5, 5.41) is 3.51. The van der Waals surface area contributed by atoms with Crippen molar-refractivity contribution in [3.63, 3.8) is 0 Å². The number of oxazole rings is 1. The van der Waals surface area contributed by atoms with Crippen LogP contribution in [0.25, 0.3) is 0 Å². The lowest BCUT2D eigenvalue weighted by molar-refractivity contribution is 0.439. The molecule has 0 aromatic carbocycles. The van der Waals surface area contributed by atoms with Crippen molar-refractivity contribution in [2.45, 2.75) is 51.0 Å². The van der Waals surface area contributed by atoms with E-state index in [4.69, 9.17) is 4.42 Å². The van der Waals surface area contributed by atoms with E-state index in [0.717, 1.165) is 49.4 Å². The number of hydrogen-bond acceptors (Lipinski definition) is 3. The molecule has 1 heterocycles. The van der Waals surface area contributed by atoms with E-state index >= 15 is 0 Å². The highest BCUT2D eigenvalue weighted by Gasteiger charge is 2.23. The molecule has 2 aliphatic rings. The molecule has 1 aromatic heterocycles. The van der Waals surface area contributed by atoms with Crippen molar-refractivity contribution >= 4 is 0 Å². The van der Waals surface area contributed by atoms with Gasteiger partial charge in [0.25, 0.3) is 0 Å². The first-order chi connectivity index (χ1) is 7.90. The van der Waals surface area contributed by atoms with Crippen LogP contribution in [-0.4, -0.2) is 17.6 Å². The molecule has 0 spiro atoms. The van der Waals surface area contributed by atoms with Gasteiger partial charge >= 0.3 is 0 Å². The second-order valence-electron chi connectivity index (χ2n) is 5.20. The van der Waals surface area contributed by atoms with E-state index < -0.39 is 0 Å². The van der Waals surface area contributed by atoms with E-state index in [1.807, 2.05) is 6.20 Å². The van der Waals surface area contributed by atoms with E-state index in [-0.39, 0.29) is 0 Å². The Balaban J connectivity index is 1.37. The van der Waals surface area contributed by atoms with Gasteiger partial charge in [-0.1, -0.05) is 0 Å². The van der Waals surface area contributed by atoms with Crippen LogP contribution in [0.2, 0.25) is 0 Å². The lowest BCUT2D eigenvalue weighted by Crippen LogP contribution is -2.17. The van der Waals surface area contributed by atoms with Gasteiger partial charge < -0.3 is 9.73 Å². The first-order valence-electron chi connectivity index (χ1n) is 6.57. The van der Waals surface area contributed by atoms with Crippen LogP contribution in [0.1, 0.15) is 43.8 Å². The van der Waals surface area contributed by atoms with Gasteiger partial charge in [0.15, 0.2) is 5.89 Å². The van der Waals surface area contributed by atoms with Crippen LogP contribution in [0.15, 0.2) is 10.6 Å². The van der Waals surface area contributed by atoms with E-state index in [1.165, 1.54) is 25.7 Å². The molecule has 3 nitrogen and oxygen atoms in total. The summed E-state index contributed by atoms with van der Waals surface area (Å²) < 4.78 is 5.72. The Morgan fingerprint density at radius 1 is 1.31 bits per heavy atom. The van der Waals surface area contributed by atoms with Crippen LogP contribution < -0.4 is 5.32 Å². The van der Waals surface area contributed by atoms with Crippen molar-refractivity contribution in [1.82, 2.24) is 10.3 Å². The third kappa shape index (κ3) is 3.08. The normalized spacial score (nSPS) is 20.2. The molecule has 2 saturated carbocycles. The topological polar surface area (TPSA) is 38.1 Å². The van der Waals surface area contributed by atoms with Gasteiger partial charge in [-0.05, 0) is 44.6 Å². The Hall–Kier alpha value is -0.830. The fourth-order valence-corrected chi connectivity index (χ4v) is 2.00. The Kier molecular flexibility index (Phi) is 2.96. The van der Waals surface area contributed by atoms with E-state index in [0.29, 0.717) is 0 Å². The van der Waals surface area contributed by atoms with Crippen LogP contribution in [0, 0.1) is 5.92 Å². The highest BCUT2D eigenvalue weighted by atomic mass is 16.4. The van der Waals surface area contributed by atoms with Gasteiger partial charge in [0, 0.05) is 18.9 Å². The molecule has 0 unspecified atom stereocenters. The summed E-state index contributed by atoms with van der Waals surface area (Å²) in [6.45, 7) is 1.10. The van der Waals surface area contributed by atoms with Gasteiger partial charge in [-0.25, -0.2) is 4.98 Å². The van der Waals surface area contributed by atoms with E-state index in [9.17, 15) is 0 Å². The Labute approximate surface area is 96.6 Å². The maximum Gasteiger partial charge on any atom is 0.194 e. The highest BCUT2D eigenvalue weighted by Crippen LogP contribution is 2.32. The minimum atomic E-state index is 0.815. The SMILES string of the molecule is c1nc(CCCNC2CC2)oc1CC1CC1. The molecule has 1 N–H and O–H groups in total. The summed E-state index contributed by atoms with van der Waals surface area (Å²) in [4.78, 5) is 4.33. The van der Waals surface area contributed by atoms with Gasteiger partial charge in [-0.3, -0.25) is 0 Å². The molecule has 0 atom stereocenters. The molecule has 0 radical (unpaired) electrons. The third-order valence-corrected chi connectivity index (χ3v) is 3.37. The minimum Gasteiger partial charge on any atom is -0.446 e. The summed E-state index contributed by atoms with van der Waals surface area (Å²) in [5.41, 5.74) is 0. The molecule has 2 aliphatic carbocycles. The van der Waals surface area contributed by atoms with Crippen LogP contribution in [0.4, 0.5) is 0 Å².